The van der Waals surface area contributed by atoms with Crippen molar-refractivity contribution in [3.05, 3.63) is 28.2 Å². The molecule has 0 unspecified atom stereocenters. The summed E-state index contributed by atoms with van der Waals surface area (Å²) in [5.74, 6) is 1.95. The van der Waals surface area contributed by atoms with Crippen molar-refractivity contribution < 1.29 is 0 Å². The Morgan fingerprint density at radius 3 is 2.72 bits per heavy atom. The molecule has 2 aromatic heterocycles. The van der Waals surface area contributed by atoms with Crippen LogP contribution < -0.4 is 10.2 Å². The number of hydrogen-bond acceptors (Lipinski definition) is 6. The van der Waals surface area contributed by atoms with Gasteiger partial charge in [0.25, 0.3) is 0 Å². The molecule has 6 nitrogen and oxygen atoms in total. The minimum Gasteiger partial charge on any atom is -0.356 e. The van der Waals surface area contributed by atoms with Crippen molar-refractivity contribution in [2.45, 2.75) is 19.8 Å². The van der Waals surface area contributed by atoms with Crippen LogP contribution in [0.2, 0.25) is 0 Å². The summed E-state index contributed by atoms with van der Waals surface area (Å²) in [5, 5.41) is 6.66. The zero-order valence-electron chi connectivity index (χ0n) is 14.6. The van der Waals surface area contributed by atoms with Crippen molar-refractivity contribution in [2.75, 3.05) is 44.7 Å². The number of guanidine groups is 1. The number of nitrogens with zero attached hydrogens (tertiary/aromatic N) is 5. The average molecular weight is 492 g/mol. The Labute approximate surface area is 174 Å². The van der Waals surface area contributed by atoms with E-state index in [9.17, 15) is 0 Å². The van der Waals surface area contributed by atoms with Gasteiger partial charge in [0.15, 0.2) is 5.96 Å². The second-order valence-corrected chi connectivity index (χ2v) is 7.39. The number of aryl methyl sites for hydroxylation is 1. The normalized spacial score (nSPS) is 15.2. The topological polar surface area (TPSA) is 56.7 Å². The quantitative estimate of drug-likeness (QED) is 0.395. The third kappa shape index (κ3) is 5.52. The zero-order chi connectivity index (χ0) is 16.8. The van der Waals surface area contributed by atoms with Gasteiger partial charge in [0, 0.05) is 62.6 Å². The van der Waals surface area contributed by atoms with Gasteiger partial charge in [-0.15, -0.1) is 35.3 Å². The maximum Gasteiger partial charge on any atom is 0.205 e. The fourth-order valence-corrected chi connectivity index (χ4v) is 4.22. The fraction of sp³-hybridized carbons (Fsp3) is 0.562. The van der Waals surface area contributed by atoms with Crippen molar-refractivity contribution in [3.8, 4) is 0 Å². The maximum absolute atomic E-state index is 4.59. The first kappa shape index (κ1) is 20.4. The number of rotatable bonds is 5. The molecule has 2 aromatic rings. The number of thiophene rings is 1. The van der Waals surface area contributed by atoms with Gasteiger partial charge in [-0.2, -0.15) is 4.37 Å². The van der Waals surface area contributed by atoms with Crippen LogP contribution in [-0.4, -0.2) is 60.0 Å². The summed E-state index contributed by atoms with van der Waals surface area (Å²) < 4.78 is 4.39. The van der Waals surface area contributed by atoms with Gasteiger partial charge in [0.05, 0.1) is 0 Å². The lowest BCUT2D eigenvalue weighted by molar-refractivity contribution is 0.373. The number of anilines is 1. The monoisotopic (exact) mass is 492 g/mol. The van der Waals surface area contributed by atoms with E-state index in [1.165, 1.54) is 16.4 Å². The maximum atomic E-state index is 4.59. The third-order valence-electron chi connectivity index (χ3n) is 4.07. The molecule has 1 saturated heterocycles. The molecule has 0 aromatic carbocycles. The number of hydrogen-bond donors (Lipinski definition) is 1. The number of piperazine rings is 1. The summed E-state index contributed by atoms with van der Waals surface area (Å²) in [6, 6.07) is 4.28. The minimum absolute atomic E-state index is 0. The fourth-order valence-electron chi connectivity index (χ4n) is 2.71. The van der Waals surface area contributed by atoms with Gasteiger partial charge < -0.3 is 15.1 Å². The van der Waals surface area contributed by atoms with Crippen LogP contribution in [0.1, 0.15) is 17.6 Å². The predicted octanol–water partition coefficient (Wildman–Crippen LogP) is 2.72. The van der Waals surface area contributed by atoms with Crippen LogP contribution >= 0.6 is 46.8 Å². The number of aliphatic imine (C=N–C) groups is 1. The molecule has 0 aliphatic carbocycles. The molecule has 25 heavy (non-hydrogen) atoms. The van der Waals surface area contributed by atoms with Crippen LogP contribution in [0.15, 0.2) is 22.5 Å². The Morgan fingerprint density at radius 2 is 2.12 bits per heavy atom. The van der Waals surface area contributed by atoms with Crippen LogP contribution in [0.4, 0.5) is 5.13 Å². The number of nitrogens with one attached hydrogen (secondary N) is 1. The van der Waals surface area contributed by atoms with E-state index in [1.54, 1.807) is 0 Å². The molecular weight excluding hydrogens is 467 g/mol. The van der Waals surface area contributed by atoms with Crippen LogP contribution in [-0.2, 0) is 12.8 Å². The van der Waals surface area contributed by atoms with Gasteiger partial charge in [-0.1, -0.05) is 13.0 Å². The second kappa shape index (κ2) is 10.3. The van der Waals surface area contributed by atoms with Crippen LogP contribution in [0.25, 0.3) is 0 Å². The molecule has 0 bridgehead atoms. The first-order valence-corrected chi connectivity index (χ1v) is 10.0. The Morgan fingerprint density at radius 1 is 1.32 bits per heavy atom. The highest BCUT2D eigenvalue weighted by Gasteiger charge is 2.21. The number of halogens is 1. The first-order valence-electron chi connectivity index (χ1n) is 8.35. The van der Waals surface area contributed by atoms with E-state index in [-0.39, 0.29) is 24.0 Å². The van der Waals surface area contributed by atoms with Crippen molar-refractivity contribution in [1.29, 1.82) is 0 Å². The molecule has 1 aliphatic heterocycles. The highest BCUT2D eigenvalue weighted by atomic mass is 127. The lowest BCUT2D eigenvalue weighted by atomic mass is 10.3. The highest BCUT2D eigenvalue weighted by Crippen LogP contribution is 2.19. The van der Waals surface area contributed by atoms with E-state index in [0.717, 1.165) is 62.5 Å². The van der Waals surface area contributed by atoms with Gasteiger partial charge in [-0.05, 0) is 17.9 Å². The average Bonchev–Trinajstić information content (AvgIpc) is 3.30. The summed E-state index contributed by atoms with van der Waals surface area (Å²) in [7, 11) is 1.86. The Kier molecular flexibility index (Phi) is 8.37. The van der Waals surface area contributed by atoms with Gasteiger partial charge in [-0.3, -0.25) is 4.99 Å². The van der Waals surface area contributed by atoms with Crippen molar-refractivity contribution in [3.63, 3.8) is 0 Å². The van der Waals surface area contributed by atoms with Crippen LogP contribution in [0.5, 0.6) is 0 Å². The van der Waals surface area contributed by atoms with E-state index in [1.807, 2.05) is 18.4 Å². The van der Waals surface area contributed by atoms with E-state index >= 15 is 0 Å². The molecule has 0 saturated carbocycles. The molecule has 1 aliphatic rings. The summed E-state index contributed by atoms with van der Waals surface area (Å²) in [5.41, 5.74) is 0. The molecule has 138 valence electrons. The molecule has 0 spiro atoms. The molecular formula is C16H25IN6S2. The number of aromatic nitrogens is 2. The van der Waals surface area contributed by atoms with Gasteiger partial charge in [0.1, 0.15) is 5.82 Å². The van der Waals surface area contributed by atoms with E-state index in [4.69, 9.17) is 0 Å². The van der Waals surface area contributed by atoms with Crippen LogP contribution in [0.3, 0.4) is 0 Å². The molecule has 0 radical (unpaired) electrons. The van der Waals surface area contributed by atoms with E-state index < -0.39 is 0 Å². The van der Waals surface area contributed by atoms with Crippen molar-refractivity contribution in [2.24, 2.45) is 4.99 Å². The Bertz CT molecular complexity index is 649. The summed E-state index contributed by atoms with van der Waals surface area (Å²) in [4.78, 5) is 15.1. The third-order valence-corrected chi connectivity index (χ3v) is 5.82. The van der Waals surface area contributed by atoms with Crippen LogP contribution in [0, 0.1) is 0 Å². The van der Waals surface area contributed by atoms with E-state index in [2.05, 4.69) is 53.9 Å². The second-order valence-electron chi connectivity index (χ2n) is 5.62. The highest BCUT2D eigenvalue weighted by molar-refractivity contribution is 14.0. The summed E-state index contributed by atoms with van der Waals surface area (Å²) >= 11 is 3.32. The molecule has 1 N–H and O–H groups in total. The molecule has 9 heteroatoms. The molecule has 3 heterocycles. The largest absolute Gasteiger partial charge is 0.356 e. The Balaban J connectivity index is 0.00000225. The first-order chi connectivity index (χ1) is 11.8. The van der Waals surface area contributed by atoms with Gasteiger partial charge >= 0.3 is 0 Å². The molecule has 0 atom stereocenters. The van der Waals surface area contributed by atoms with Crippen molar-refractivity contribution in [1.82, 2.24) is 19.6 Å². The van der Waals surface area contributed by atoms with E-state index in [0.29, 0.717) is 0 Å². The summed E-state index contributed by atoms with van der Waals surface area (Å²) in [6.45, 7) is 6.85. The molecule has 1 fully saturated rings. The molecule has 3 rings (SSSR count). The van der Waals surface area contributed by atoms with Gasteiger partial charge in [0.2, 0.25) is 5.13 Å². The predicted molar refractivity (Wildman–Crippen MR) is 118 cm³/mol. The zero-order valence-corrected chi connectivity index (χ0v) is 18.6. The lowest BCUT2D eigenvalue weighted by Gasteiger charge is -2.36. The lowest BCUT2D eigenvalue weighted by Crippen LogP contribution is -2.52. The smallest absolute Gasteiger partial charge is 0.205 e. The SMILES string of the molecule is CCc1nsc(N2CCN(C(=NC)NCCc3cccs3)CC2)n1.I. The van der Waals surface area contributed by atoms with Crippen molar-refractivity contribution >= 4 is 57.9 Å². The standard InChI is InChI=1S/C16H24N6S2.HI/c1-3-14-19-16(24-20-14)22-10-8-21(9-11-22)15(17-2)18-7-6-13-5-4-12-23-13;/h4-5,12H,3,6-11H2,1-2H3,(H,17,18);1H. The molecule has 0 amide bonds. The minimum atomic E-state index is 0. The summed E-state index contributed by atoms with van der Waals surface area (Å²) in [6.07, 6.45) is 1.94. The Hall–Kier alpha value is -0.940. The van der Waals surface area contributed by atoms with Gasteiger partial charge in [-0.25, -0.2) is 4.98 Å².